The first-order valence-electron chi connectivity index (χ1n) is 15.1. The Balaban J connectivity index is 1.22. The van der Waals surface area contributed by atoms with Crippen molar-refractivity contribution in [2.24, 2.45) is 52.3 Å². The van der Waals surface area contributed by atoms with E-state index in [9.17, 15) is 5.11 Å². The molecule has 1 saturated heterocycles. The van der Waals surface area contributed by atoms with Crippen LogP contribution in [0, 0.1) is 52.3 Å². The van der Waals surface area contributed by atoms with Crippen molar-refractivity contribution in [1.82, 2.24) is 0 Å². The number of hydrogen-bond donors (Lipinski definition) is 1. The molecule has 1 aliphatic heterocycles. The summed E-state index contributed by atoms with van der Waals surface area (Å²) < 4.78 is 5.57. The Morgan fingerprint density at radius 3 is 2.39 bits per heavy atom. The summed E-state index contributed by atoms with van der Waals surface area (Å²) in [4.78, 5) is 0. The molecule has 5 aliphatic rings. The van der Waals surface area contributed by atoms with Crippen molar-refractivity contribution in [2.45, 2.75) is 130 Å². The van der Waals surface area contributed by atoms with E-state index in [4.69, 9.17) is 4.74 Å². The molecule has 9 atom stereocenters. The Kier molecular flexibility index (Phi) is 7.02. The SMILES string of the molecule is CC[C@]1(O)CC[C@@]2(C)[C@H](CC[C@@H]3[C@@H]2CC[C@]2(C)[C@@H]([C@H](C)CCCC4CCOCC4)CC[C@@H]32)C1. The Hall–Kier alpha value is -0.0800. The second-order valence-electron chi connectivity index (χ2n) is 14.1. The quantitative estimate of drug-likeness (QED) is 0.436. The molecule has 5 fully saturated rings. The smallest absolute Gasteiger partial charge is 0.0648 e. The van der Waals surface area contributed by atoms with Gasteiger partial charge in [-0.25, -0.2) is 0 Å². The van der Waals surface area contributed by atoms with E-state index in [0.29, 0.717) is 10.8 Å². The lowest BCUT2D eigenvalue weighted by atomic mass is 9.43. The van der Waals surface area contributed by atoms with E-state index in [0.717, 1.165) is 73.9 Å². The molecule has 0 spiro atoms. The third-order valence-electron chi connectivity index (χ3n) is 12.9. The monoisotopic (exact) mass is 458 g/mol. The molecular formula is C31H54O2. The van der Waals surface area contributed by atoms with E-state index >= 15 is 0 Å². The molecule has 0 aromatic heterocycles. The summed E-state index contributed by atoms with van der Waals surface area (Å²) in [5.74, 6) is 6.44. The van der Waals surface area contributed by atoms with Gasteiger partial charge in [0.25, 0.3) is 0 Å². The first-order chi connectivity index (χ1) is 15.8. The molecule has 4 saturated carbocycles. The zero-order valence-electron chi connectivity index (χ0n) is 22.4. The summed E-state index contributed by atoms with van der Waals surface area (Å²) in [6.45, 7) is 12.2. The summed E-state index contributed by atoms with van der Waals surface area (Å²) in [5.41, 5.74) is 0.735. The van der Waals surface area contributed by atoms with Crippen molar-refractivity contribution in [3.63, 3.8) is 0 Å². The fourth-order valence-corrected chi connectivity index (χ4v) is 10.6. The van der Waals surface area contributed by atoms with E-state index < -0.39 is 0 Å². The zero-order valence-corrected chi connectivity index (χ0v) is 22.4. The van der Waals surface area contributed by atoms with Crippen molar-refractivity contribution >= 4 is 0 Å². The maximum atomic E-state index is 11.1. The van der Waals surface area contributed by atoms with Crippen molar-refractivity contribution in [1.29, 1.82) is 0 Å². The Labute approximate surface area is 205 Å². The first kappa shape index (κ1) is 24.6. The van der Waals surface area contributed by atoms with Gasteiger partial charge in [0, 0.05) is 13.2 Å². The zero-order chi connectivity index (χ0) is 23.3. The fourth-order valence-electron chi connectivity index (χ4n) is 10.6. The second kappa shape index (κ2) is 9.42. The summed E-state index contributed by atoms with van der Waals surface area (Å²) in [7, 11) is 0. The maximum absolute atomic E-state index is 11.1. The number of ether oxygens (including phenoxy) is 1. The lowest BCUT2D eigenvalue weighted by molar-refractivity contribution is -0.152. The predicted octanol–water partition coefficient (Wildman–Crippen LogP) is 8.02. The van der Waals surface area contributed by atoms with E-state index in [-0.39, 0.29) is 5.60 Å². The Bertz CT molecular complexity index is 670. The van der Waals surface area contributed by atoms with Crippen molar-refractivity contribution in [3.05, 3.63) is 0 Å². The van der Waals surface area contributed by atoms with E-state index in [1.54, 1.807) is 0 Å². The van der Waals surface area contributed by atoms with Gasteiger partial charge in [-0.05, 0) is 129 Å². The minimum absolute atomic E-state index is 0.362. The van der Waals surface area contributed by atoms with Crippen LogP contribution in [-0.2, 0) is 4.74 Å². The normalized spacial score (nSPS) is 49.2. The van der Waals surface area contributed by atoms with Gasteiger partial charge >= 0.3 is 0 Å². The molecule has 2 heteroatoms. The number of hydrogen-bond acceptors (Lipinski definition) is 2. The third kappa shape index (κ3) is 4.36. The van der Waals surface area contributed by atoms with Crippen LogP contribution in [0.3, 0.4) is 0 Å². The number of fused-ring (bicyclic) bond motifs is 5. The van der Waals surface area contributed by atoms with Crippen LogP contribution in [-0.4, -0.2) is 23.9 Å². The molecule has 33 heavy (non-hydrogen) atoms. The van der Waals surface area contributed by atoms with Gasteiger partial charge in [0.2, 0.25) is 0 Å². The molecule has 2 nitrogen and oxygen atoms in total. The summed E-state index contributed by atoms with van der Waals surface area (Å²) >= 11 is 0. The molecule has 4 aliphatic carbocycles. The van der Waals surface area contributed by atoms with Gasteiger partial charge in [-0.15, -0.1) is 0 Å². The molecule has 0 aromatic carbocycles. The van der Waals surface area contributed by atoms with Crippen molar-refractivity contribution in [2.75, 3.05) is 13.2 Å². The summed E-state index contributed by atoms with van der Waals surface area (Å²) in [6.07, 6.45) is 20.1. The molecule has 0 bridgehead atoms. The molecule has 0 amide bonds. The van der Waals surface area contributed by atoms with Crippen LogP contribution in [0.1, 0.15) is 124 Å². The van der Waals surface area contributed by atoms with Crippen LogP contribution in [0.2, 0.25) is 0 Å². The highest BCUT2D eigenvalue weighted by atomic mass is 16.5. The highest BCUT2D eigenvalue weighted by molar-refractivity contribution is 5.10. The predicted molar refractivity (Wildman–Crippen MR) is 137 cm³/mol. The van der Waals surface area contributed by atoms with Gasteiger partial charge < -0.3 is 9.84 Å². The van der Waals surface area contributed by atoms with E-state index in [1.807, 2.05) is 0 Å². The topological polar surface area (TPSA) is 29.5 Å². The van der Waals surface area contributed by atoms with Crippen LogP contribution in [0.15, 0.2) is 0 Å². The van der Waals surface area contributed by atoms with Crippen LogP contribution >= 0.6 is 0 Å². The minimum Gasteiger partial charge on any atom is -0.390 e. The minimum atomic E-state index is -0.362. The van der Waals surface area contributed by atoms with Crippen molar-refractivity contribution < 1.29 is 9.84 Å². The van der Waals surface area contributed by atoms with Crippen LogP contribution in [0.25, 0.3) is 0 Å². The summed E-state index contributed by atoms with van der Waals surface area (Å²) in [6, 6.07) is 0. The molecule has 0 unspecified atom stereocenters. The molecule has 0 radical (unpaired) electrons. The van der Waals surface area contributed by atoms with E-state index in [2.05, 4.69) is 27.7 Å². The Morgan fingerprint density at radius 1 is 0.879 bits per heavy atom. The summed E-state index contributed by atoms with van der Waals surface area (Å²) in [5, 5.41) is 11.1. The standard InChI is InChI=1S/C31H54O2/c1-5-31(32)18-17-29(3)24(21-31)9-10-25-27-12-11-26(30(27,4)16-13-28(25)29)22(2)7-6-8-23-14-19-33-20-15-23/h22-28,32H,5-21H2,1-4H3/t22-,24-,25+,26-,27+,28+,29+,30-,31+/m1/s1. The van der Waals surface area contributed by atoms with Crippen LogP contribution in [0.5, 0.6) is 0 Å². The number of rotatable bonds is 6. The van der Waals surface area contributed by atoms with Gasteiger partial charge in [-0.1, -0.05) is 47.0 Å². The molecule has 190 valence electrons. The Morgan fingerprint density at radius 2 is 1.64 bits per heavy atom. The average molecular weight is 459 g/mol. The average Bonchev–Trinajstić information content (AvgIpc) is 3.17. The van der Waals surface area contributed by atoms with Gasteiger partial charge in [0.1, 0.15) is 0 Å². The molecular weight excluding hydrogens is 404 g/mol. The molecule has 5 rings (SSSR count). The lowest BCUT2D eigenvalue weighted by Gasteiger charge is -2.62. The van der Waals surface area contributed by atoms with Crippen LogP contribution < -0.4 is 0 Å². The maximum Gasteiger partial charge on any atom is 0.0648 e. The molecule has 1 N–H and O–H groups in total. The molecule has 1 heterocycles. The third-order valence-corrected chi connectivity index (χ3v) is 12.9. The molecule has 0 aromatic rings. The van der Waals surface area contributed by atoms with Gasteiger partial charge in [0.15, 0.2) is 0 Å². The number of aliphatic hydroxyl groups is 1. The highest BCUT2D eigenvalue weighted by Crippen LogP contribution is 2.69. The van der Waals surface area contributed by atoms with Crippen LogP contribution in [0.4, 0.5) is 0 Å². The largest absolute Gasteiger partial charge is 0.390 e. The fraction of sp³-hybridized carbons (Fsp3) is 1.00. The highest BCUT2D eigenvalue weighted by Gasteiger charge is 2.61. The van der Waals surface area contributed by atoms with Crippen molar-refractivity contribution in [3.8, 4) is 0 Å². The van der Waals surface area contributed by atoms with Gasteiger partial charge in [-0.2, -0.15) is 0 Å². The van der Waals surface area contributed by atoms with E-state index in [1.165, 1.54) is 77.0 Å². The second-order valence-corrected chi connectivity index (χ2v) is 14.1. The lowest BCUT2D eigenvalue weighted by Crippen LogP contribution is -2.56. The first-order valence-corrected chi connectivity index (χ1v) is 15.1. The van der Waals surface area contributed by atoms with Gasteiger partial charge in [0.05, 0.1) is 5.60 Å². The van der Waals surface area contributed by atoms with Gasteiger partial charge in [-0.3, -0.25) is 0 Å².